The van der Waals surface area contributed by atoms with Crippen LogP contribution in [-0.4, -0.2) is 33.7 Å². The molecule has 0 radical (unpaired) electrons. The Balaban J connectivity index is 1.36. The fourth-order valence-electron chi connectivity index (χ4n) is 4.31. The number of carbonyl (C=O) groups excluding carboxylic acids is 1. The lowest BCUT2D eigenvalue weighted by Crippen LogP contribution is -2.39. The van der Waals surface area contributed by atoms with Gasteiger partial charge in [0, 0.05) is 19.2 Å². The fraction of sp³-hybridized carbons (Fsp3) is 0.231. The van der Waals surface area contributed by atoms with Crippen LogP contribution in [-0.2, 0) is 6.42 Å². The summed E-state index contributed by atoms with van der Waals surface area (Å²) >= 11 is 0. The summed E-state index contributed by atoms with van der Waals surface area (Å²) in [4.78, 5) is 15.4. The van der Waals surface area contributed by atoms with Crippen molar-refractivity contribution in [2.45, 2.75) is 19.3 Å². The number of likely N-dealkylation sites (tertiary alicyclic amines) is 1. The van der Waals surface area contributed by atoms with Crippen LogP contribution in [0.2, 0.25) is 0 Å². The SMILES string of the molecule is O=C(c1cc(-c2ccco2)nn1-c1ccc(F)cc1)N1CCC(Cc2ccccc2)CC1. The molecule has 1 amide bonds. The van der Waals surface area contributed by atoms with Crippen molar-refractivity contribution in [2.75, 3.05) is 13.1 Å². The van der Waals surface area contributed by atoms with E-state index in [4.69, 9.17) is 4.42 Å². The Hall–Kier alpha value is -3.67. The number of carbonyl (C=O) groups is 1. The number of benzene rings is 2. The molecule has 0 saturated carbocycles. The summed E-state index contributed by atoms with van der Waals surface area (Å²) < 4.78 is 20.5. The molecule has 162 valence electrons. The molecule has 0 unspecified atom stereocenters. The maximum absolute atomic E-state index is 13.5. The first-order chi connectivity index (χ1) is 15.7. The molecule has 1 saturated heterocycles. The number of piperidine rings is 1. The highest BCUT2D eigenvalue weighted by atomic mass is 19.1. The van der Waals surface area contributed by atoms with Crippen molar-refractivity contribution in [3.63, 3.8) is 0 Å². The van der Waals surface area contributed by atoms with E-state index in [1.54, 1.807) is 41.3 Å². The minimum Gasteiger partial charge on any atom is -0.463 e. The second-order valence-electron chi connectivity index (χ2n) is 8.21. The molecule has 0 N–H and O–H groups in total. The van der Waals surface area contributed by atoms with Gasteiger partial charge in [-0.15, -0.1) is 0 Å². The van der Waals surface area contributed by atoms with Crippen LogP contribution in [0.1, 0.15) is 28.9 Å². The number of hydrogen-bond donors (Lipinski definition) is 0. The molecule has 1 aliphatic heterocycles. The number of hydrogen-bond acceptors (Lipinski definition) is 3. The largest absolute Gasteiger partial charge is 0.463 e. The van der Waals surface area contributed by atoms with Crippen LogP contribution < -0.4 is 0 Å². The molecule has 2 aromatic carbocycles. The van der Waals surface area contributed by atoms with Crippen molar-refractivity contribution in [3.8, 4) is 17.1 Å². The average molecular weight is 429 g/mol. The van der Waals surface area contributed by atoms with Crippen molar-refractivity contribution < 1.29 is 13.6 Å². The topological polar surface area (TPSA) is 51.3 Å². The van der Waals surface area contributed by atoms with E-state index in [2.05, 4.69) is 29.4 Å². The third-order valence-corrected chi connectivity index (χ3v) is 6.04. The van der Waals surface area contributed by atoms with Gasteiger partial charge in [-0.25, -0.2) is 9.07 Å². The van der Waals surface area contributed by atoms with E-state index in [9.17, 15) is 9.18 Å². The summed E-state index contributed by atoms with van der Waals surface area (Å²) in [5.41, 5.74) is 2.99. The quantitative estimate of drug-likeness (QED) is 0.429. The monoisotopic (exact) mass is 429 g/mol. The van der Waals surface area contributed by atoms with E-state index >= 15 is 0 Å². The van der Waals surface area contributed by atoms with Crippen LogP contribution >= 0.6 is 0 Å². The molecular weight excluding hydrogens is 405 g/mol. The van der Waals surface area contributed by atoms with Crippen LogP contribution in [0.15, 0.2) is 83.5 Å². The molecule has 4 aromatic rings. The normalized spacial score (nSPS) is 14.6. The molecule has 6 heteroatoms. The highest BCUT2D eigenvalue weighted by Crippen LogP contribution is 2.26. The summed E-state index contributed by atoms with van der Waals surface area (Å²) in [6.07, 6.45) is 4.55. The highest BCUT2D eigenvalue weighted by molar-refractivity contribution is 5.94. The lowest BCUT2D eigenvalue weighted by Gasteiger charge is -2.32. The zero-order valence-electron chi connectivity index (χ0n) is 17.7. The smallest absolute Gasteiger partial charge is 0.272 e. The van der Waals surface area contributed by atoms with Crippen molar-refractivity contribution in [2.24, 2.45) is 5.92 Å². The minimum absolute atomic E-state index is 0.0715. The van der Waals surface area contributed by atoms with Gasteiger partial charge in [0.1, 0.15) is 17.2 Å². The molecule has 1 fully saturated rings. The van der Waals surface area contributed by atoms with Gasteiger partial charge in [-0.1, -0.05) is 30.3 Å². The maximum atomic E-state index is 13.5. The molecule has 5 nitrogen and oxygen atoms in total. The number of aromatic nitrogens is 2. The molecular formula is C26H24FN3O2. The molecule has 0 spiro atoms. The number of amides is 1. The Morgan fingerprint density at radius 2 is 1.75 bits per heavy atom. The summed E-state index contributed by atoms with van der Waals surface area (Å²) in [7, 11) is 0. The van der Waals surface area contributed by atoms with E-state index in [1.807, 2.05) is 11.0 Å². The lowest BCUT2D eigenvalue weighted by atomic mass is 9.90. The zero-order chi connectivity index (χ0) is 21.9. The maximum Gasteiger partial charge on any atom is 0.272 e. The Labute approximate surface area is 186 Å². The second kappa shape index (κ2) is 8.83. The number of nitrogens with zero attached hydrogens (tertiary/aromatic N) is 3. The average Bonchev–Trinajstić information content (AvgIpc) is 3.51. The molecule has 32 heavy (non-hydrogen) atoms. The van der Waals surface area contributed by atoms with Gasteiger partial charge in [0.2, 0.25) is 0 Å². The number of halogens is 1. The van der Waals surface area contributed by atoms with Gasteiger partial charge >= 0.3 is 0 Å². The van der Waals surface area contributed by atoms with E-state index in [-0.39, 0.29) is 11.7 Å². The highest BCUT2D eigenvalue weighted by Gasteiger charge is 2.27. The first-order valence-corrected chi connectivity index (χ1v) is 10.9. The van der Waals surface area contributed by atoms with E-state index in [1.165, 1.54) is 17.7 Å². The summed E-state index contributed by atoms with van der Waals surface area (Å²) in [6, 6.07) is 21.8. The molecule has 3 heterocycles. The molecule has 5 rings (SSSR count). The molecule has 0 bridgehead atoms. The number of furan rings is 1. The van der Waals surface area contributed by atoms with Gasteiger partial charge in [-0.05, 0) is 67.1 Å². The fourth-order valence-corrected chi connectivity index (χ4v) is 4.31. The lowest BCUT2D eigenvalue weighted by molar-refractivity contribution is 0.0681. The van der Waals surface area contributed by atoms with Crippen LogP contribution in [0.4, 0.5) is 4.39 Å². The minimum atomic E-state index is -0.333. The molecule has 2 aromatic heterocycles. The zero-order valence-corrected chi connectivity index (χ0v) is 17.7. The standard InChI is InChI=1S/C26H24FN3O2/c27-21-8-10-22(11-9-21)30-24(18-23(28-30)25-7-4-16-32-25)26(31)29-14-12-20(13-15-29)17-19-5-2-1-3-6-19/h1-11,16,18,20H,12-15,17H2. The summed E-state index contributed by atoms with van der Waals surface area (Å²) in [5, 5.41) is 4.59. The van der Waals surface area contributed by atoms with Gasteiger partial charge in [0.25, 0.3) is 5.91 Å². The first kappa shape index (κ1) is 20.2. The summed E-state index contributed by atoms with van der Waals surface area (Å²) in [5.74, 6) is 0.752. The predicted octanol–water partition coefficient (Wildman–Crippen LogP) is 5.37. The van der Waals surface area contributed by atoms with E-state index in [0.29, 0.717) is 41.8 Å². The number of rotatable bonds is 5. The third-order valence-electron chi connectivity index (χ3n) is 6.04. The second-order valence-corrected chi connectivity index (χ2v) is 8.21. The van der Waals surface area contributed by atoms with E-state index < -0.39 is 0 Å². The third kappa shape index (κ3) is 4.21. The van der Waals surface area contributed by atoms with Crippen molar-refractivity contribution >= 4 is 5.91 Å². The molecule has 0 aliphatic carbocycles. The molecule has 1 aliphatic rings. The van der Waals surface area contributed by atoms with Crippen LogP contribution in [0, 0.1) is 11.7 Å². The first-order valence-electron chi connectivity index (χ1n) is 10.9. The van der Waals surface area contributed by atoms with Crippen LogP contribution in [0.25, 0.3) is 17.1 Å². The Morgan fingerprint density at radius 3 is 2.44 bits per heavy atom. The van der Waals surface area contributed by atoms with Crippen molar-refractivity contribution in [1.82, 2.24) is 14.7 Å². The Morgan fingerprint density at radius 1 is 1.00 bits per heavy atom. The molecule has 0 atom stereocenters. The van der Waals surface area contributed by atoms with Gasteiger partial charge in [0.05, 0.1) is 12.0 Å². The van der Waals surface area contributed by atoms with Gasteiger partial charge in [-0.2, -0.15) is 5.10 Å². The predicted molar refractivity (Wildman–Crippen MR) is 120 cm³/mol. The van der Waals surface area contributed by atoms with Crippen molar-refractivity contribution in [3.05, 3.63) is 96.1 Å². The van der Waals surface area contributed by atoms with Gasteiger partial charge in [0.15, 0.2) is 5.76 Å². The Bertz CT molecular complexity index is 1180. The van der Waals surface area contributed by atoms with Gasteiger partial charge in [-0.3, -0.25) is 4.79 Å². The summed E-state index contributed by atoms with van der Waals surface area (Å²) in [6.45, 7) is 1.42. The van der Waals surface area contributed by atoms with Crippen LogP contribution in [0.3, 0.4) is 0 Å². The van der Waals surface area contributed by atoms with Gasteiger partial charge < -0.3 is 9.32 Å². The van der Waals surface area contributed by atoms with Crippen molar-refractivity contribution in [1.29, 1.82) is 0 Å². The van der Waals surface area contributed by atoms with E-state index in [0.717, 1.165) is 19.3 Å². The Kier molecular flexibility index (Phi) is 5.58. The van der Waals surface area contributed by atoms with Crippen LogP contribution in [0.5, 0.6) is 0 Å².